The summed E-state index contributed by atoms with van der Waals surface area (Å²) < 4.78 is 12.4. The van der Waals surface area contributed by atoms with Crippen LogP contribution in [0.1, 0.15) is 77.3 Å². The second-order valence-corrected chi connectivity index (χ2v) is 7.95. The minimum absolute atomic E-state index is 0.244. The predicted octanol–water partition coefficient (Wildman–Crippen LogP) is 3.99. The first-order valence-corrected chi connectivity index (χ1v) is 8.20. The highest BCUT2D eigenvalue weighted by molar-refractivity contribution is 6.62. The van der Waals surface area contributed by atoms with Crippen LogP contribution in [0.15, 0.2) is 18.2 Å². The van der Waals surface area contributed by atoms with Crippen molar-refractivity contribution in [3.8, 4) is 0 Å². The van der Waals surface area contributed by atoms with Gasteiger partial charge in [0.15, 0.2) is 0 Å². The lowest BCUT2D eigenvalue weighted by Gasteiger charge is -2.32. The van der Waals surface area contributed by atoms with Crippen molar-refractivity contribution >= 4 is 12.6 Å². The highest BCUT2D eigenvalue weighted by atomic mass is 16.7. The number of hydrogen-bond donors (Lipinski definition) is 0. The van der Waals surface area contributed by atoms with Crippen LogP contribution < -0.4 is 5.46 Å². The van der Waals surface area contributed by atoms with Crippen LogP contribution >= 0.6 is 0 Å². The number of rotatable bonds is 3. The largest absolute Gasteiger partial charge is 0.494 e. The standard InChI is InChI=1S/C18H27BO2/c1-12(2)14-9-15(13-7-8-13)11-16(10-14)19-20-17(3,4)18(5,6)21-19/h9-13H,7-8H2,1-6H3. The first-order chi connectivity index (χ1) is 9.69. The van der Waals surface area contributed by atoms with E-state index in [1.807, 2.05) is 0 Å². The minimum Gasteiger partial charge on any atom is -0.399 e. The molecule has 0 bridgehead atoms. The van der Waals surface area contributed by atoms with Gasteiger partial charge in [-0.1, -0.05) is 32.0 Å². The average Bonchev–Trinajstić information content (AvgIpc) is 3.17. The van der Waals surface area contributed by atoms with Gasteiger partial charge in [-0.3, -0.25) is 0 Å². The maximum absolute atomic E-state index is 6.22. The van der Waals surface area contributed by atoms with Crippen LogP contribution in [0.25, 0.3) is 0 Å². The molecule has 2 nitrogen and oxygen atoms in total. The minimum atomic E-state index is -0.273. The smallest absolute Gasteiger partial charge is 0.399 e. The molecular weight excluding hydrogens is 259 g/mol. The maximum atomic E-state index is 6.22. The highest BCUT2D eigenvalue weighted by Gasteiger charge is 2.51. The van der Waals surface area contributed by atoms with Crippen molar-refractivity contribution in [3.05, 3.63) is 29.3 Å². The molecule has 3 rings (SSSR count). The third-order valence-electron chi connectivity index (χ3n) is 5.24. The van der Waals surface area contributed by atoms with E-state index in [-0.39, 0.29) is 18.3 Å². The fourth-order valence-electron chi connectivity index (χ4n) is 2.80. The molecule has 2 aliphatic rings. The van der Waals surface area contributed by atoms with Crippen LogP contribution in [-0.2, 0) is 9.31 Å². The maximum Gasteiger partial charge on any atom is 0.494 e. The summed E-state index contributed by atoms with van der Waals surface area (Å²) in [6, 6.07) is 6.93. The normalized spacial score (nSPS) is 23.9. The molecule has 3 heteroatoms. The first kappa shape index (κ1) is 15.1. The zero-order valence-corrected chi connectivity index (χ0v) is 14.2. The summed E-state index contributed by atoms with van der Waals surface area (Å²) in [6.45, 7) is 12.9. The molecule has 0 N–H and O–H groups in total. The van der Waals surface area contributed by atoms with Gasteiger partial charge in [0.05, 0.1) is 11.2 Å². The molecule has 0 unspecified atom stereocenters. The molecule has 1 aliphatic heterocycles. The van der Waals surface area contributed by atoms with E-state index in [1.165, 1.54) is 29.4 Å². The van der Waals surface area contributed by atoms with Crippen molar-refractivity contribution in [2.75, 3.05) is 0 Å². The summed E-state index contributed by atoms with van der Waals surface area (Å²) in [4.78, 5) is 0. The highest BCUT2D eigenvalue weighted by Crippen LogP contribution is 2.41. The SMILES string of the molecule is CC(C)c1cc(B2OC(C)(C)C(C)(C)O2)cc(C2CC2)c1. The van der Waals surface area contributed by atoms with Crippen LogP contribution in [0.5, 0.6) is 0 Å². The molecule has 0 spiro atoms. The van der Waals surface area contributed by atoms with Crippen molar-refractivity contribution < 1.29 is 9.31 Å². The van der Waals surface area contributed by atoms with Gasteiger partial charge in [0.25, 0.3) is 0 Å². The molecule has 1 saturated heterocycles. The van der Waals surface area contributed by atoms with Gasteiger partial charge >= 0.3 is 7.12 Å². The molecule has 0 aromatic heterocycles. The fraction of sp³-hybridized carbons (Fsp3) is 0.667. The Morgan fingerprint density at radius 3 is 2.05 bits per heavy atom. The molecule has 0 amide bonds. The van der Waals surface area contributed by atoms with Gasteiger partial charge in [0.2, 0.25) is 0 Å². The second-order valence-electron chi connectivity index (χ2n) is 7.95. The zero-order chi connectivity index (χ0) is 15.4. The average molecular weight is 286 g/mol. The Morgan fingerprint density at radius 2 is 1.57 bits per heavy atom. The van der Waals surface area contributed by atoms with Gasteiger partial charge in [0.1, 0.15) is 0 Å². The fourth-order valence-corrected chi connectivity index (χ4v) is 2.80. The molecular formula is C18H27BO2. The Bertz CT molecular complexity index is 508. The molecule has 114 valence electrons. The molecule has 1 aromatic rings. The number of hydrogen-bond acceptors (Lipinski definition) is 2. The summed E-state index contributed by atoms with van der Waals surface area (Å²) in [5, 5.41) is 0. The lowest BCUT2D eigenvalue weighted by Crippen LogP contribution is -2.41. The van der Waals surface area contributed by atoms with Gasteiger partial charge in [-0.2, -0.15) is 0 Å². The van der Waals surface area contributed by atoms with Crippen LogP contribution in [0.3, 0.4) is 0 Å². The van der Waals surface area contributed by atoms with Crippen LogP contribution in [-0.4, -0.2) is 18.3 Å². The third kappa shape index (κ3) is 2.78. The lowest BCUT2D eigenvalue weighted by atomic mass is 9.76. The molecule has 1 heterocycles. The van der Waals surface area contributed by atoms with Crippen molar-refractivity contribution in [1.82, 2.24) is 0 Å². The topological polar surface area (TPSA) is 18.5 Å². The molecule has 0 atom stereocenters. The first-order valence-electron chi connectivity index (χ1n) is 8.20. The summed E-state index contributed by atoms with van der Waals surface area (Å²) in [5.41, 5.74) is 3.49. The van der Waals surface area contributed by atoms with Gasteiger partial charge in [-0.05, 0) is 69.0 Å². The van der Waals surface area contributed by atoms with E-state index in [4.69, 9.17) is 9.31 Å². The molecule has 2 fully saturated rings. The van der Waals surface area contributed by atoms with Gasteiger partial charge in [-0.15, -0.1) is 0 Å². The predicted molar refractivity (Wildman–Crippen MR) is 88.2 cm³/mol. The molecule has 1 aliphatic carbocycles. The van der Waals surface area contributed by atoms with E-state index in [2.05, 4.69) is 59.7 Å². The van der Waals surface area contributed by atoms with Crippen LogP contribution in [0.4, 0.5) is 0 Å². The lowest BCUT2D eigenvalue weighted by molar-refractivity contribution is 0.00578. The summed E-state index contributed by atoms with van der Waals surface area (Å²) in [6.07, 6.45) is 2.65. The molecule has 21 heavy (non-hydrogen) atoms. The quantitative estimate of drug-likeness (QED) is 0.782. The van der Waals surface area contributed by atoms with Gasteiger partial charge in [0, 0.05) is 0 Å². The van der Waals surface area contributed by atoms with E-state index in [9.17, 15) is 0 Å². The third-order valence-corrected chi connectivity index (χ3v) is 5.24. The monoisotopic (exact) mass is 286 g/mol. The van der Waals surface area contributed by atoms with Crippen molar-refractivity contribution in [2.45, 2.75) is 77.4 Å². The van der Waals surface area contributed by atoms with E-state index in [0.717, 1.165) is 5.92 Å². The summed E-state index contributed by atoms with van der Waals surface area (Å²) >= 11 is 0. The Balaban J connectivity index is 1.95. The Labute approximate surface area is 129 Å². The molecule has 1 saturated carbocycles. The Morgan fingerprint density at radius 1 is 1.00 bits per heavy atom. The number of benzene rings is 1. The molecule has 0 radical (unpaired) electrons. The van der Waals surface area contributed by atoms with Crippen LogP contribution in [0.2, 0.25) is 0 Å². The van der Waals surface area contributed by atoms with Crippen molar-refractivity contribution in [1.29, 1.82) is 0 Å². The van der Waals surface area contributed by atoms with E-state index in [0.29, 0.717) is 5.92 Å². The van der Waals surface area contributed by atoms with E-state index >= 15 is 0 Å². The Kier molecular flexibility index (Phi) is 3.49. The Hall–Kier alpha value is -0.795. The van der Waals surface area contributed by atoms with Crippen molar-refractivity contribution in [2.24, 2.45) is 0 Å². The summed E-state index contributed by atoms with van der Waals surface area (Å²) in [7, 11) is -0.244. The zero-order valence-electron chi connectivity index (χ0n) is 14.2. The van der Waals surface area contributed by atoms with Gasteiger partial charge < -0.3 is 9.31 Å². The second kappa shape index (κ2) is 4.86. The molecule has 1 aromatic carbocycles. The van der Waals surface area contributed by atoms with Crippen molar-refractivity contribution in [3.63, 3.8) is 0 Å². The van der Waals surface area contributed by atoms with E-state index in [1.54, 1.807) is 0 Å². The summed E-state index contributed by atoms with van der Waals surface area (Å²) in [5.74, 6) is 1.29. The van der Waals surface area contributed by atoms with Gasteiger partial charge in [-0.25, -0.2) is 0 Å². The van der Waals surface area contributed by atoms with E-state index < -0.39 is 0 Å². The van der Waals surface area contributed by atoms with Crippen LogP contribution in [0, 0.1) is 0 Å².